The molecule has 0 unspecified atom stereocenters. The van der Waals surface area contributed by atoms with E-state index in [0.717, 1.165) is 25.8 Å². The summed E-state index contributed by atoms with van der Waals surface area (Å²) in [6, 6.07) is 8.70. The summed E-state index contributed by atoms with van der Waals surface area (Å²) < 4.78 is 10.4. The van der Waals surface area contributed by atoms with E-state index in [1.54, 1.807) is 24.3 Å². The fourth-order valence-electron chi connectivity index (χ4n) is 4.79. The molecular weight excluding hydrogens is 344 g/mol. The standard InChI is InChI=1S/C21H26N2O4/c1-20(2)8-16-9-21(3,13-20)14-23(16)18(24)11-27-19(25)12-26-17-6-4-15(10-22)5-7-17/h4-7,16H,8-9,11-14H2,1-3H3/t16-,21+/m1/s1. The third-order valence-corrected chi connectivity index (χ3v) is 5.43. The van der Waals surface area contributed by atoms with Crippen molar-refractivity contribution in [2.75, 3.05) is 19.8 Å². The van der Waals surface area contributed by atoms with Crippen LogP contribution in [0.25, 0.3) is 0 Å². The average Bonchev–Trinajstić information content (AvgIpc) is 2.87. The van der Waals surface area contributed by atoms with Crippen LogP contribution in [0, 0.1) is 22.2 Å². The van der Waals surface area contributed by atoms with Gasteiger partial charge in [0, 0.05) is 12.6 Å². The lowest BCUT2D eigenvalue weighted by Gasteiger charge is -2.39. The second kappa shape index (κ2) is 7.22. The van der Waals surface area contributed by atoms with E-state index in [0.29, 0.717) is 11.3 Å². The van der Waals surface area contributed by atoms with Crippen LogP contribution < -0.4 is 4.74 Å². The first kappa shape index (κ1) is 19.2. The molecule has 6 heteroatoms. The number of rotatable bonds is 5. The van der Waals surface area contributed by atoms with Gasteiger partial charge in [-0.15, -0.1) is 0 Å². The molecule has 3 rings (SSSR count). The first-order chi connectivity index (χ1) is 12.7. The van der Waals surface area contributed by atoms with Gasteiger partial charge in [0.05, 0.1) is 11.6 Å². The zero-order valence-electron chi connectivity index (χ0n) is 16.2. The van der Waals surface area contributed by atoms with Crippen molar-refractivity contribution in [3.63, 3.8) is 0 Å². The van der Waals surface area contributed by atoms with E-state index in [1.165, 1.54) is 0 Å². The number of hydrogen-bond acceptors (Lipinski definition) is 5. The number of amides is 1. The van der Waals surface area contributed by atoms with Gasteiger partial charge in [0.25, 0.3) is 5.91 Å². The normalized spacial score (nSPS) is 25.6. The molecule has 2 bridgehead atoms. The molecule has 2 aliphatic rings. The smallest absolute Gasteiger partial charge is 0.344 e. The number of carbonyl (C=O) groups excluding carboxylic acids is 2. The summed E-state index contributed by atoms with van der Waals surface area (Å²) in [6.07, 6.45) is 3.13. The quantitative estimate of drug-likeness (QED) is 0.745. The molecule has 1 aromatic carbocycles. The topological polar surface area (TPSA) is 79.6 Å². The van der Waals surface area contributed by atoms with Gasteiger partial charge in [-0.1, -0.05) is 20.8 Å². The first-order valence-corrected chi connectivity index (χ1v) is 9.28. The van der Waals surface area contributed by atoms with Gasteiger partial charge in [-0.2, -0.15) is 5.26 Å². The summed E-state index contributed by atoms with van der Waals surface area (Å²) >= 11 is 0. The van der Waals surface area contributed by atoms with E-state index in [1.807, 2.05) is 11.0 Å². The lowest BCUT2D eigenvalue weighted by Crippen LogP contribution is -2.40. The largest absolute Gasteiger partial charge is 0.482 e. The van der Waals surface area contributed by atoms with Crippen molar-refractivity contribution in [2.24, 2.45) is 10.8 Å². The van der Waals surface area contributed by atoms with Gasteiger partial charge >= 0.3 is 5.97 Å². The highest BCUT2D eigenvalue weighted by atomic mass is 16.6. The highest BCUT2D eigenvalue weighted by Crippen LogP contribution is 2.52. The van der Waals surface area contributed by atoms with Crippen LogP contribution in [-0.2, 0) is 14.3 Å². The fourth-order valence-corrected chi connectivity index (χ4v) is 4.79. The van der Waals surface area contributed by atoms with Crippen molar-refractivity contribution in [1.29, 1.82) is 5.26 Å². The van der Waals surface area contributed by atoms with Crippen LogP contribution in [0.3, 0.4) is 0 Å². The van der Waals surface area contributed by atoms with Crippen molar-refractivity contribution in [3.8, 4) is 11.8 Å². The summed E-state index contributed by atoms with van der Waals surface area (Å²) in [7, 11) is 0. The Morgan fingerprint density at radius 3 is 2.56 bits per heavy atom. The molecule has 1 amide bonds. The van der Waals surface area contributed by atoms with Gasteiger partial charge < -0.3 is 14.4 Å². The minimum Gasteiger partial charge on any atom is -0.482 e. The molecule has 0 N–H and O–H groups in total. The number of nitrogens with zero attached hydrogens (tertiary/aromatic N) is 2. The third kappa shape index (κ3) is 4.60. The molecule has 144 valence electrons. The first-order valence-electron chi connectivity index (χ1n) is 9.28. The maximum atomic E-state index is 12.6. The summed E-state index contributed by atoms with van der Waals surface area (Å²) in [6.45, 7) is 6.97. The Kier molecular flexibility index (Phi) is 5.14. The number of nitriles is 1. The van der Waals surface area contributed by atoms with Crippen LogP contribution in [0.15, 0.2) is 24.3 Å². The Labute approximate surface area is 160 Å². The molecule has 0 aromatic heterocycles. The summed E-state index contributed by atoms with van der Waals surface area (Å²) in [5, 5.41) is 8.76. The molecule has 1 aromatic rings. The molecule has 2 atom stereocenters. The summed E-state index contributed by atoms with van der Waals surface area (Å²) in [4.78, 5) is 26.3. The fraction of sp³-hybridized carbons (Fsp3) is 0.571. The van der Waals surface area contributed by atoms with Gasteiger partial charge in [-0.25, -0.2) is 4.79 Å². The van der Waals surface area contributed by atoms with Gasteiger partial charge in [-0.3, -0.25) is 4.79 Å². The second-order valence-corrected chi connectivity index (χ2v) is 8.82. The van der Waals surface area contributed by atoms with Crippen molar-refractivity contribution in [2.45, 2.75) is 46.1 Å². The molecule has 1 heterocycles. The number of carbonyl (C=O) groups is 2. The molecule has 0 radical (unpaired) electrons. The Morgan fingerprint density at radius 1 is 1.19 bits per heavy atom. The van der Waals surface area contributed by atoms with Crippen LogP contribution in [-0.4, -0.2) is 42.6 Å². The summed E-state index contributed by atoms with van der Waals surface area (Å²) in [5.74, 6) is -0.240. The maximum Gasteiger partial charge on any atom is 0.344 e. The van der Waals surface area contributed by atoms with Gasteiger partial charge in [0.15, 0.2) is 13.2 Å². The number of ether oxygens (including phenoxy) is 2. The number of benzene rings is 1. The minimum absolute atomic E-state index is 0.131. The van der Waals surface area contributed by atoms with E-state index >= 15 is 0 Å². The molecule has 1 saturated heterocycles. The van der Waals surface area contributed by atoms with Crippen LogP contribution in [0.2, 0.25) is 0 Å². The Balaban J connectivity index is 1.46. The van der Waals surface area contributed by atoms with E-state index in [4.69, 9.17) is 14.7 Å². The van der Waals surface area contributed by atoms with Gasteiger partial charge in [-0.05, 0) is 54.4 Å². The van der Waals surface area contributed by atoms with Gasteiger partial charge in [0.2, 0.25) is 0 Å². The van der Waals surface area contributed by atoms with Crippen molar-refractivity contribution < 1.29 is 19.1 Å². The molecule has 1 saturated carbocycles. The number of fused-ring (bicyclic) bond motifs is 2. The summed E-state index contributed by atoms with van der Waals surface area (Å²) in [5.41, 5.74) is 0.909. The van der Waals surface area contributed by atoms with E-state index in [2.05, 4.69) is 20.8 Å². The van der Waals surface area contributed by atoms with Crippen molar-refractivity contribution in [3.05, 3.63) is 29.8 Å². The number of hydrogen-bond donors (Lipinski definition) is 0. The predicted octanol–water partition coefficient (Wildman–Crippen LogP) is 2.91. The van der Waals surface area contributed by atoms with E-state index in [9.17, 15) is 9.59 Å². The highest BCUT2D eigenvalue weighted by molar-refractivity contribution is 5.81. The zero-order chi connectivity index (χ0) is 19.7. The highest BCUT2D eigenvalue weighted by Gasteiger charge is 2.50. The Bertz CT molecular complexity index is 765. The third-order valence-electron chi connectivity index (χ3n) is 5.43. The maximum absolute atomic E-state index is 12.6. The molecule has 0 spiro atoms. The van der Waals surface area contributed by atoms with Crippen LogP contribution in [0.5, 0.6) is 5.75 Å². The SMILES string of the molecule is CC1(C)C[C@@H]2C[C@](C)(CN2C(=O)COC(=O)COc2ccc(C#N)cc2)C1. The average molecular weight is 370 g/mol. The molecule has 2 fully saturated rings. The monoisotopic (exact) mass is 370 g/mol. The number of likely N-dealkylation sites (tertiary alicyclic amines) is 1. The predicted molar refractivity (Wildman–Crippen MR) is 98.9 cm³/mol. The molecule has 6 nitrogen and oxygen atoms in total. The van der Waals surface area contributed by atoms with Crippen LogP contribution in [0.1, 0.15) is 45.6 Å². The lowest BCUT2D eigenvalue weighted by atomic mass is 9.65. The zero-order valence-corrected chi connectivity index (χ0v) is 16.2. The minimum atomic E-state index is -0.582. The Hall–Kier alpha value is -2.55. The molecule has 1 aliphatic heterocycles. The number of esters is 1. The van der Waals surface area contributed by atoms with E-state index in [-0.39, 0.29) is 36.0 Å². The van der Waals surface area contributed by atoms with Crippen molar-refractivity contribution >= 4 is 11.9 Å². The second-order valence-electron chi connectivity index (χ2n) is 8.82. The van der Waals surface area contributed by atoms with Crippen molar-refractivity contribution in [1.82, 2.24) is 4.90 Å². The van der Waals surface area contributed by atoms with Crippen LogP contribution >= 0.6 is 0 Å². The van der Waals surface area contributed by atoms with Crippen LogP contribution in [0.4, 0.5) is 0 Å². The lowest BCUT2D eigenvalue weighted by molar-refractivity contribution is -0.154. The molecular formula is C21H26N2O4. The molecule has 27 heavy (non-hydrogen) atoms. The Morgan fingerprint density at radius 2 is 1.89 bits per heavy atom. The van der Waals surface area contributed by atoms with Gasteiger partial charge in [0.1, 0.15) is 5.75 Å². The van der Waals surface area contributed by atoms with E-state index < -0.39 is 5.97 Å². The molecule has 1 aliphatic carbocycles.